The third-order valence-corrected chi connectivity index (χ3v) is 3.87. The van der Waals surface area contributed by atoms with Crippen LogP contribution in [0.25, 0.3) is 0 Å². The highest BCUT2D eigenvalue weighted by Crippen LogP contribution is 2.17. The molecule has 0 spiro atoms. The molecule has 0 saturated carbocycles. The fraction of sp³-hybridized carbons (Fsp3) is 0.143. The lowest BCUT2D eigenvalue weighted by Crippen LogP contribution is -2.16. The molecule has 0 unspecified atom stereocenters. The van der Waals surface area contributed by atoms with Crippen LogP contribution in [0.1, 0.15) is 33.3 Å². The van der Waals surface area contributed by atoms with Gasteiger partial charge in [-0.05, 0) is 43.3 Å². The Balaban J connectivity index is 1.65. The average Bonchev–Trinajstić information content (AvgIpc) is 2.74. The molecule has 0 radical (unpaired) electrons. The van der Waals surface area contributed by atoms with Gasteiger partial charge in [0.1, 0.15) is 5.82 Å². The molecular weight excluding hydrogens is 356 g/mol. The molecule has 0 fully saturated rings. The number of hydrogen-bond acceptors (Lipinski definition) is 6. The molecule has 3 aromatic rings. The maximum absolute atomic E-state index is 12.5. The predicted octanol–water partition coefficient (Wildman–Crippen LogP) is 3.52. The summed E-state index contributed by atoms with van der Waals surface area (Å²) in [6.07, 6.45) is 3.20. The Morgan fingerprint density at radius 1 is 1.00 bits per heavy atom. The largest absolute Gasteiger partial charge is 0.462 e. The molecule has 2 N–H and O–H groups in total. The third-order valence-electron chi connectivity index (χ3n) is 3.87. The number of para-hydroxylation sites is 1. The predicted molar refractivity (Wildman–Crippen MR) is 106 cm³/mol. The molecule has 142 valence electrons. The summed E-state index contributed by atoms with van der Waals surface area (Å²) in [5.74, 6) is -0.208. The molecule has 1 aromatic carbocycles. The van der Waals surface area contributed by atoms with Crippen molar-refractivity contribution in [2.75, 3.05) is 17.2 Å². The molecule has 28 heavy (non-hydrogen) atoms. The Morgan fingerprint density at radius 2 is 1.82 bits per heavy atom. The lowest BCUT2D eigenvalue weighted by Gasteiger charge is -2.10. The number of benzene rings is 1. The van der Waals surface area contributed by atoms with Crippen LogP contribution in [0.4, 0.5) is 11.5 Å². The van der Waals surface area contributed by atoms with Gasteiger partial charge < -0.3 is 15.4 Å². The van der Waals surface area contributed by atoms with E-state index in [4.69, 9.17) is 4.74 Å². The number of rotatable bonds is 7. The minimum absolute atomic E-state index is 0.262. The zero-order valence-electron chi connectivity index (χ0n) is 15.4. The van der Waals surface area contributed by atoms with E-state index < -0.39 is 5.97 Å². The van der Waals surface area contributed by atoms with Gasteiger partial charge in [-0.15, -0.1) is 0 Å². The smallest absolute Gasteiger partial charge is 0.340 e. The molecule has 2 aromatic heterocycles. The summed E-state index contributed by atoms with van der Waals surface area (Å²) < 4.78 is 5.02. The van der Waals surface area contributed by atoms with Gasteiger partial charge in [-0.2, -0.15) is 0 Å². The molecule has 0 saturated heterocycles. The van der Waals surface area contributed by atoms with Gasteiger partial charge in [0.25, 0.3) is 5.91 Å². The normalized spacial score (nSPS) is 10.2. The van der Waals surface area contributed by atoms with Crippen LogP contribution < -0.4 is 10.6 Å². The van der Waals surface area contributed by atoms with Crippen molar-refractivity contribution >= 4 is 23.4 Å². The molecule has 0 bridgehead atoms. The fourth-order valence-corrected chi connectivity index (χ4v) is 2.49. The zero-order chi connectivity index (χ0) is 19.8. The van der Waals surface area contributed by atoms with Crippen LogP contribution in [-0.2, 0) is 11.3 Å². The molecule has 3 rings (SSSR count). The summed E-state index contributed by atoms with van der Waals surface area (Å²) in [5.41, 5.74) is 1.96. The van der Waals surface area contributed by atoms with Crippen molar-refractivity contribution in [3.05, 3.63) is 83.8 Å². The van der Waals surface area contributed by atoms with Crippen molar-refractivity contribution in [1.82, 2.24) is 9.97 Å². The number of amides is 1. The third kappa shape index (κ3) is 4.91. The van der Waals surface area contributed by atoms with E-state index in [1.807, 2.05) is 18.2 Å². The standard InChI is InChI=1S/C21H20N4O3/c1-2-28-21(27)17-8-3-4-9-18(17)25-20(26)15-10-11-19(23-13-15)24-14-16-7-5-6-12-22-16/h3-13H,2,14H2,1H3,(H,23,24)(H,25,26). The van der Waals surface area contributed by atoms with Gasteiger partial charge in [0.2, 0.25) is 0 Å². The molecule has 0 aliphatic heterocycles. The number of ether oxygens (including phenoxy) is 1. The maximum Gasteiger partial charge on any atom is 0.340 e. The van der Waals surface area contributed by atoms with Gasteiger partial charge in [-0.3, -0.25) is 9.78 Å². The van der Waals surface area contributed by atoms with E-state index in [9.17, 15) is 9.59 Å². The Bertz CT molecular complexity index is 943. The Labute approximate surface area is 162 Å². The summed E-state index contributed by atoms with van der Waals surface area (Å²) in [6.45, 7) is 2.53. The Hall–Kier alpha value is -3.74. The van der Waals surface area contributed by atoms with E-state index in [1.165, 1.54) is 6.20 Å². The number of anilines is 2. The van der Waals surface area contributed by atoms with Crippen molar-refractivity contribution in [2.24, 2.45) is 0 Å². The molecular formula is C21H20N4O3. The van der Waals surface area contributed by atoms with Crippen molar-refractivity contribution in [2.45, 2.75) is 13.5 Å². The highest BCUT2D eigenvalue weighted by molar-refractivity contribution is 6.07. The minimum Gasteiger partial charge on any atom is -0.462 e. The van der Waals surface area contributed by atoms with E-state index >= 15 is 0 Å². The Kier molecular flexibility index (Phi) is 6.30. The summed E-state index contributed by atoms with van der Waals surface area (Å²) in [4.78, 5) is 33.0. The maximum atomic E-state index is 12.5. The summed E-state index contributed by atoms with van der Waals surface area (Å²) in [5, 5.41) is 5.88. The van der Waals surface area contributed by atoms with E-state index in [2.05, 4.69) is 20.6 Å². The van der Waals surface area contributed by atoms with Crippen molar-refractivity contribution in [3.8, 4) is 0 Å². The van der Waals surface area contributed by atoms with Gasteiger partial charge in [0.05, 0.1) is 35.7 Å². The second kappa shape index (κ2) is 9.27. The van der Waals surface area contributed by atoms with Crippen LogP contribution in [0.5, 0.6) is 0 Å². The number of hydrogen-bond donors (Lipinski definition) is 2. The van der Waals surface area contributed by atoms with Crippen LogP contribution in [0.15, 0.2) is 67.0 Å². The summed E-state index contributed by atoms with van der Waals surface area (Å²) >= 11 is 0. The van der Waals surface area contributed by atoms with Gasteiger partial charge in [0.15, 0.2) is 0 Å². The summed E-state index contributed by atoms with van der Waals surface area (Å²) in [7, 11) is 0. The topological polar surface area (TPSA) is 93.2 Å². The number of esters is 1. The first-order valence-corrected chi connectivity index (χ1v) is 8.84. The fourth-order valence-electron chi connectivity index (χ4n) is 2.49. The molecule has 7 heteroatoms. The lowest BCUT2D eigenvalue weighted by atomic mass is 10.1. The number of nitrogens with one attached hydrogen (secondary N) is 2. The van der Waals surface area contributed by atoms with Crippen LogP contribution in [-0.4, -0.2) is 28.5 Å². The van der Waals surface area contributed by atoms with Crippen LogP contribution in [0.3, 0.4) is 0 Å². The molecule has 0 aliphatic carbocycles. The molecule has 1 amide bonds. The number of pyridine rings is 2. The number of nitrogens with zero attached hydrogens (tertiary/aromatic N) is 2. The highest BCUT2D eigenvalue weighted by atomic mass is 16.5. The van der Waals surface area contributed by atoms with Crippen LogP contribution in [0, 0.1) is 0 Å². The molecule has 0 atom stereocenters. The van der Waals surface area contributed by atoms with E-state index in [-0.39, 0.29) is 12.5 Å². The lowest BCUT2D eigenvalue weighted by molar-refractivity contribution is 0.0527. The number of carbonyl (C=O) groups excluding carboxylic acids is 2. The average molecular weight is 376 g/mol. The zero-order valence-corrected chi connectivity index (χ0v) is 15.4. The number of carbonyl (C=O) groups is 2. The van der Waals surface area contributed by atoms with E-state index in [0.717, 1.165) is 5.69 Å². The first-order valence-electron chi connectivity index (χ1n) is 8.84. The highest BCUT2D eigenvalue weighted by Gasteiger charge is 2.15. The van der Waals surface area contributed by atoms with Crippen LogP contribution in [0.2, 0.25) is 0 Å². The second-order valence-corrected chi connectivity index (χ2v) is 5.83. The van der Waals surface area contributed by atoms with Gasteiger partial charge in [-0.25, -0.2) is 9.78 Å². The monoisotopic (exact) mass is 376 g/mol. The van der Waals surface area contributed by atoms with Crippen LogP contribution >= 0.6 is 0 Å². The Morgan fingerprint density at radius 3 is 2.54 bits per heavy atom. The van der Waals surface area contributed by atoms with E-state index in [1.54, 1.807) is 49.5 Å². The van der Waals surface area contributed by atoms with Gasteiger partial charge >= 0.3 is 5.97 Å². The molecule has 0 aliphatic rings. The number of aromatic nitrogens is 2. The molecule has 7 nitrogen and oxygen atoms in total. The first kappa shape index (κ1) is 19.0. The quantitative estimate of drug-likeness (QED) is 0.613. The van der Waals surface area contributed by atoms with Crippen molar-refractivity contribution in [3.63, 3.8) is 0 Å². The first-order chi connectivity index (χ1) is 13.7. The minimum atomic E-state index is -0.481. The summed E-state index contributed by atoms with van der Waals surface area (Å²) in [6, 6.07) is 15.8. The van der Waals surface area contributed by atoms with Crippen molar-refractivity contribution in [1.29, 1.82) is 0 Å². The van der Waals surface area contributed by atoms with E-state index in [0.29, 0.717) is 29.2 Å². The second-order valence-electron chi connectivity index (χ2n) is 5.83. The SMILES string of the molecule is CCOC(=O)c1ccccc1NC(=O)c1ccc(NCc2ccccn2)nc1. The van der Waals surface area contributed by atoms with Gasteiger partial charge in [-0.1, -0.05) is 18.2 Å². The molecule has 2 heterocycles. The van der Waals surface area contributed by atoms with Crippen molar-refractivity contribution < 1.29 is 14.3 Å². The van der Waals surface area contributed by atoms with Gasteiger partial charge in [0, 0.05) is 12.4 Å².